The second-order valence-corrected chi connectivity index (χ2v) is 5.03. The summed E-state index contributed by atoms with van der Waals surface area (Å²) >= 11 is 0. The molecular formula is C18H19NO4. The number of amides is 1. The molecule has 23 heavy (non-hydrogen) atoms. The fourth-order valence-corrected chi connectivity index (χ4v) is 1.96. The van der Waals surface area contributed by atoms with Crippen LogP contribution in [-0.2, 0) is 9.53 Å². The normalized spacial score (nSPS) is 10.0. The molecule has 0 saturated heterocycles. The van der Waals surface area contributed by atoms with Crippen molar-refractivity contribution in [2.24, 2.45) is 0 Å². The third kappa shape index (κ3) is 5.14. The van der Waals surface area contributed by atoms with Crippen molar-refractivity contribution >= 4 is 17.6 Å². The van der Waals surface area contributed by atoms with Gasteiger partial charge >= 0.3 is 5.97 Å². The van der Waals surface area contributed by atoms with Gasteiger partial charge in [0.1, 0.15) is 5.75 Å². The molecule has 0 unspecified atom stereocenters. The van der Waals surface area contributed by atoms with Gasteiger partial charge in [-0.2, -0.15) is 0 Å². The van der Waals surface area contributed by atoms with Gasteiger partial charge in [0.2, 0.25) is 5.91 Å². The minimum atomic E-state index is -0.441. The van der Waals surface area contributed by atoms with Crippen molar-refractivity contribution in [3.05, 3.63) is 59.7 Å². The van der Waals surface area contributed by atoms with Crippen LogP contribution in [0.2, 0.25) is 0 Å². The zero-order valence-corrected chi connectivity index (χ0v) is 13.2. The molecule has 0 aromatic heterocycles. The number of hydrogen-bond acceptors (Lipinski definition) is 4. The predicted octanol–water partition coefficient (Wildman–Crippen LogP) is 3.19. The molecule has 0 aliphatic rings. The van der Waals surface area contributed by atoms with Crippen LogP contribution in [-0.4, -0.2) is 25.6 Å². The molecule has 1 amide bonds. The minimum Gasteiger partial charge on any atom is -0.493 e. The van der Waals surface area contributed by atoms with Crippen LogP contribution in [0, 0.1) is 6.92 Å². The van der Waals surface area contributed by atoms with Crippen LogP contribution in [0.1, 0.15) is 22.3 Å². The molecule has 5 heteroatoms. The maximum absolute atomic E-state index is 11.9. The van der Waals surface area contributed by atoms with Crippen molar-refractivity contribution < 1.29 is 19.1 Å². The highest BCUT2D eigenvalue weighted by atomic mass is 16.5. The summed E-state index contributed by atoms with van der Waals surface area (Å²) in [7, 11) is 1.32. The Balaban J connectivity index is 1.82. The van der Waals surface area contributed by atoms with Crippen molar-refractivity contribution in [2.75, 3.05) is 19.0 Å². The molecule has 2 aromatic rings. The summed E-state index contributed by atoms with van der Waals surface area (Å²) in [5.74, 6) is 0.110. The number of hydrogen-bond donors (Lipinski definition) is 1. The maximum atomic E-state index is 11.9. The highest BCUT2D eigenvalue weighted by Gasteiger charge is 2.08. The standard InChI is InChI=1S/C18H19NO4/c1-13-6-8-16(9-7-13)23-11-10-17(20)19-15-5-3-4-14(12-15)18(21)22-2/h3-9,12H,10-11H2,1-2H3,(H,19,20). The second-order valence-electron chi connectivity index (χ2n) is 5.03. The van der Waals surface area contributed by atoms with Crippen LogP contribution >= 0.6 is 0 Å². The number of rotatable bonds is 6. The first-order valence-electron chi connectivity index (χ1n) is 7.26. The SMILES string of the molecule is COC(=O)c1cccc(NC(=O)CCOc2ccc(C)cc2)c1. The van der Waals surface area contributed by atoms with Gasteiger partial charge in [-0.15, -0.1) is 0 Å². The van der Waals surface area contributed by atoms with E-state index >= 15 is 0 Å². The van der Waals surface area contributed by atoms with Gasteiger partial charge in [-0.25, -0.2) is 4.79 Å². The van der Waals surface area contributed by atoms with Gasteiger partial charge in [0.05, 0.1) is 25.7 Å². The predicted molar refractivity (Wildman–Crippen MR) is 87.7 cm³/mol. The van der Waals surface area contributed by atoms with E-state index in [1.54, 1.807) is 24.3 Å². The third-order valence-corrected chi connectivity index (χ3v) is 3.19. The van der Waals surface area contributed by atoms with Crippen molar-refractivity contribution in [1.29, 1.82) is 0 Å². The molecule has 0 aliphatic heterocycles. The Morgan fingerprint density at radius 1 is 1.09 bits per heavy atom. The molecule has 5 nitrogen and oxygen atoms in total. The van der Waals surface area contributed by atoms with Crippen molar-refractivity contribution in [3.8, 4) is 5.75 Å². The molecule has 0 aliphatic carbocycles. The average molecular weight is 313 g/mol. The highest BCUT2D eigenvalue weighted by Crippen LogP contribution is 2.13. The molecule has 0 saturated carbocycles. The van der Waals surface area contributed by atoms with Crippen LogP contribution in [0.3, 0.4) is 0 Å². The summed E-state index contributed by atoms with van der Waals surface area (Å²) in [6, 6.07) is 14.2. The first-order valence-corrected chi connectivity index (χ1v) is 7.26. The summed E-state index contributed by atoms with van der Waals surface area (Å²) < 4.78 is 10.2. The van der Waals surface area contributed by atoms with Crippen LogP contribution in [0.4, 0.5) is 5.69 Å². The lowest BCUT2D eigenvalue weighted by Crippen LogP contribution is -2.15. The van der Waals surface area contributed by atoms with Gasteiger partial charge in [-0.3, -0.25) is 4.79 Å². The molecule has 0 fully saturated rings. The van der Waals surface area contributed by atoms with Crippen LogP contribution in [0.15, 0.2) is 48.5 Å². The van der Waals surface area contributed by atoms with E-state index in [0.717, 1.165) is 11.3 Å². The van der Waals surface area contributed by atoms with Gasteiger partial charge in [0, 0.05) is 5.69 Å². The van der Waals surface area contributed by atoms with Gasteiger partial charge in [0.25, 0.3) is 0 Å². The molecule has 0 atom stereocenters. The van der Waals surface area contributed by atoms with Gasteiger partial charge < -0.3 is 14.8 Å². The Hall–Kier alpha value is -2.82. The van der Waals surface area contributed by atoms with E-state index in [4.69, 9.17) is 4.74 Å². The molecule has 1 N–H and O–H groups in total. The summed E-state index contributed by atoms with van der Waals surface area (Å²) in [6.07, 6.45) is 0.219. The molecule has 0 bridgehead atoms. The number of aryl methyl sites for hydroxylation is 1. The quantitative estimate of drug-likeness (QED) is 0.832. The first kappa shape index (κ1) is 16.5. The molecule has 2 aromatic carbocycles. The second kappa shape index (κ2) is 7.98. The Morgan fingerprint density at radius 3 is 2.52 bits per heavy atom. The van der Waals surface area contributed by atoms with E-state index in [0.29, 0.717) is 11.3 Å². The molecule has 0 heterocycles. The van der Waals surface area contributed by atoms with E-state index in [9.17, 15) is 9.59 Å². The summed E-state index contributed by atoms with van der Waals surface area (Å²) in [4.78, 5) is 23.3. The number of methoxy groups -OCH3 is 1. The third-order valence-electron chi connectivity index (χ3n) is 3.19. The topological polar surface area (TPSA) is 64.6 Å². The summed E-state index contributed by atoms with van der Waals surface area (Å²) in [5.41, 5.74) is 2.09. The average Bonchev–Trinajstić information content (AvgIpc) is 2.56. The zero-order valence-electron chi connectivity index (χ0n) is 13.2. The van der Waals surface area contributed by atoms with Crippen molar-refractivity contribution in [2.45, 2.75) is 13.3 Å². The Kier molecular flexibility index (Phi) is 5.74. The minimum absolute atomic E-state index is 0.181. The van der Waals surface area contributed by atoms with Crippen molar-refractivity contribution in [1.82, 2.24) is 0 Å². The Morgan fingerprint density at radius 2 is 1.83 bits per heavy atom. The Bertz CT molecular complexity index is 680. The lowest BCUT2D eigenvalue weighted by atomic mass is 10.2. The Labute approximate surface area is 135 Å². The van der Waals surface area contributed by atoms with E-state index < -0.39 is 5.97 Å². The van der Waals surface area contributed by atoms with E-state index in [2.05, 4.69) is 10.1 Å². The number of carbonyl (C=O) groups excluding carboxylic acids is 2. The first-order chi connectivity index (χ1) is 11.1. The van der Waals surface area contributed by atoms with E-state index in [1.807, 2.05) is 31.2 Å². The molecule has 120 valence electrons. The lowest BCUT2D eigenvalue weighted by molar-refractivity contribution is -0.116. The summed E-state index contributed by atoms with van der Waals surface area (Å²) in [6.45, 7) is 2.28. The summed E-state index contributed by atoms with van der Waals surface area (Å²) in [5, 5.41) is 2.73. The molecular weight excluding hydrogens is 294 g/mol. The van der Waals surface area contributed by atoms with E-state index in [1.165, 1.54) is 7.11 Å². The highest BCUT2D eigenvalue weighted by molar-refractivity contribution is 5.94. The van der Waals surface area contributed by atoms with Crippen molar-refractivity contribution in [3.63, 3.8) is 0 Å². The fourth-order valence-electron chi connectivity index (χ4n) is 1.96. The van der Waals surface area contributed by atoms with E-state index in [-0.39, 0.29) is 18.9 Å². The maximum Gasteiger partial charge on any atom is 0.337 e. The fraction of sp³-hybridized carbons (Fsp3) is 0.222. The number of esters is 1. The van der Waals surface area contributed by atoms with Gasteiger partial charge in [0.15, 0.2) is 0 Å². The number of benzene rings is 2. The lowest BCUT2D eigenvalue weighted by Gasteiger charge is -2.08. The number of anilines is 1. The zero-order chi connectivity index (χ0) is 16.7. The molecule has 2 rings (SSSR count). The number of nitrogens with one attached hydrogen (secondary N) is 1. The monoisotopic (exact) mass is 313 g/mol. The molecule has 0 spiro atoms. The number of ether oxygens (including phenoxy) is 2. The smallest absolute Gasteiger partial charge is 0.337 e. The van der Waals surface area contributed by atoms with Crippen LogP contribution in [0.5, 0.6) is 5.75 Å². The number of carbonyl (C=O) groups is 2. The molecule has 0 radical (unpaired) electrons. The van der Waals surface area contributed by atoms with Crippen LogP contribution in [0.25, 0.3) is 0 Å². The largest absolute Gasteiger partial charge is 0.493 e. The van der Waals surface area contributed by atoms with Gasteiger partial charge in [-0.05, 0) is 37.3 Å². The van der Waals surface area contributed by atoms with Crippen LogP contribution < -0.4 is 10.1 Å². The van der Waals surface area contributed by atoms with Gasteiger partial charge in [-0.1, -0.05) is 23.8 Å².